The van der Waals surface area contributed by atoms with Crippen molar-refractivity contribution in [2.45, 2.75) is 32.8 Å². The van der Waals surface area contributed by atoms with Crippen LogP contribution in [-0.2, 0) is 0 Å². The van der Waals surface area contributed by atoms with Crippen LogP contribution >= 0.6 is 0 Å². The maximum atomic E-state index is 14.1. The van der Waals surface area contributed by atoms with E-state index in [4.69, 9.17) is 9.47 Å². The fraction of sp³-hybridized carbons (Fsp3) is 0.350. The number of hydrogen-bond donors (Lipinski definition) is 1. The molecule has 0 aliphatic heterocycles. The van der Waals surface area contributed by atoms with E-state index in [-0.39, 0.29) is 30.5 Å². The van der Waals surface area contributed by atoms with Gasteiger partial charge in [0.25, 0.3) is 0 Å². The van der Waals surface area contributed by atoms with Crippen LogP contribution in [0, 0.1) is 11.6 Å². The minimum absolute atomic E-state index is 0.104. The number of rotatable bonds is 10. The maximum absolute atomic E-state index is 14.1. The van der Waals surface area contributed by atoms with Gasteiger partial charge in [0.1, 0.15) is 11.6 Å². The molecule has 29 heavy (non-hydrogen) atoms. The van der Waals surface area contributed by atoms with Gasteiger partial charge in [0, 0.05) is 13.0 Å². The molecule has 0 saturated carbocycles. The van der Waals surface area contributed by atoms with Gasteiger partial charge in [-0.3, -0.25) is 4.79 Å². The van der Waals surface area contributed by atoms with Crippen molar-refractivity contribution in [3.8, 4) is 23.0 Å². The van der Waals surface area contributed by atoms with E-state index in [0.29, 0.717) is 19.8 Å². The summed E-state index contributed by atoms with van der Waals surface area (Å²) in [5.74, 6) is -3.54. The molecule has 5 nitrogen and oxygen atoms in total. The zero-order chi connectivity index (χ0) is 21.6. The molecule has 0 heterocycles. The number of aromatic hydroxyl groups is 1. The molecule has 0 bridgehead atoms. The van der Waals surface area contributed by atoms with Crippen molar-refractivity contribution in [1.29, 1.82) is 0 Å². The highest BCUT2D eigenvalue weighted by Crippen LogP contribution is 2.33. The Hall–Kier alpha value is -2.97. The minimum atomic E-state index is -3.42. The lowest BCUT2D eigenvalue weighted by molar-refractivity contribution is -0.159. The van der Waals surface area contributed by atoms with Gasteiger partial charge in [-0.1, -0.05) is 0 Å². The van der Waals surface area contributed by atoms with Crippen molar-refractivity contribution < 1.29 is 41.7 Å². The molecule has 0 saturated heterocycles. The van der Waals surface area contributed by atoms with E-state index in [0.717, 1.165) is 31.2 Å². The molecule has 0 aromatic heterocycles. The third-order valence-electron chi connectivity index (χ3n) is 3.69. The molecule has 0 fully saturated rings. The second kappa shape index (κ2) is 9.49. The predicted molar refractivity (Wildman–Crippen MR) is 95.9 cm³/mol. The quantitative estimate of drug-likeness (QED) is 0.332. The minimum Gasteiger partial charge on any atom is -0.504 e. The largest absolute Gasteiger partial charge is 0.504 e. The Bertz CT molecular complexity index is 865. The van der Waals surface area contributed by atoms with Gasteiger partial charge in [-0.15, -0.1) is 0 Å². The molecule has 0 aliphatic carbocycles. The summed E-state index contributed by atoms with van der Waals surface area (Å²) in [6.07, 6.45) is -2.47. The number of ketones is 1. The summed E-state index contributed by atoms with van der Waals surface area (Å²) in [4.78, 5) is 11.3. The maximum Gasteiger partial charge on any atom is 0.395 e. The Morgan fingerprint density at radius 3 is 2.24 bits per heavy atom. The van der Waals surface area contributed by atoms with Gasteiger partial charge in [0.15, 0.2) is 28.8 Å². The molecule has 1 N–H and O–H groups in total. The van der Waals surface area contributed by atoms with Crippen LogP contribution in [0.3, 0.4) is 0 Å². The average Bonchev–Trinajstić information content (AvgIpc) is 2.60. The van der Waals surface area contributed by atoms with Crippen LogP contribution in [0.25, 0.3) is 0 Å². The molecule has 0 radical (unpaired) electrons. The van der Waals surface area contributed by atoms with Gasteiger partial charge in [0.05, 0.1) is 18.8 Å². The van der Waals surface area contributed by atoms with Crippen molar-refractivity contribution in [2.24, 2.45) is 0 Å². The first-order chi connectivity index (χ1) is 13.6. The lowest BCUT2D eigenvalue weighted by Gasteiger charge is -2.15. The second-order valence-electron chi connectivity index (χ2n) is 6.23. The number of carbonyl (C=O) groups is 1. The molecule has 9 heteroatoms. The van der Waals surface area contributed by atoms with Crippen LogP contribution in [0.2, 0.25) is 0 Å². The second-order valence-corrected chi connectivity index (χ2v) is 6.23. The van der Waals surface area contributed by atoms with Gasteiger partial charge in [-0.05, 0) is 44.0 Å². The van der Waals surface area contributed by atoms with Gasteiger partial charge < -0.3 is 19.3 Å². The summed E-state index contributed by atoms with van der Waals surface area (Å²) in [6, 6.07) is 5.75. The van der Waals surface area contributed by atoms with Crippen LogP contribution in [0.15, 0.2) is 30.3 Å². The number of alkyl halides is 2. The van der Waals surface area contributed by atoms with Crippen molar-refractivity contribution in [3.05, 3.63) is 47.5 Å². The van der Waals surface area contributed by atoms with E-state index in [1.165, 1.54) is 6.07 Å². The number of hydrogen-bond acceptors (Lipinski definition) is 5. The topological polar surface area (TPSA) is 65.0 Å². The summed E-state index contributed by atoms with van der Waals surface area (Å²) in [5, 5.41) is 9.68. The van der Waals surface area contributed by atoms with Crippen LogP contribution in [0.4, 0.5) is 17.6 Å². The summed E-state index contributed by atoms with van der Waals surface area (Å²) >= 11 is 0. The zero-order valence-corrected chi connectivity index (χ0v) is 15.8. The molecular weight excluding hydrogens is 396 g/mol. The van der Waals surface area contributed by atoms with Crippen molar-refractivity contribution in [1.82, 2.24) is 0 Å². The van der Waals surface area contributed by atoms with E-state index in [2.05, 4.69) is 4.74 Å². The molecule has 2 aromatic carbocycles. The highest BCUT2D eigenvalue weighted by Gasteiger charge is 2.25. The summed E-state index contributed by atoms with van der Waals surface area (Å²) < 4.78 is 68.1. The van der Waals surface area contributed by atoms with E-state index in [9.17, 15) is 27.5 Å². The standard InChI is InChI=1S/C20H20F4O5/c1-12(25)18-14(21)6-8-17(19(18)22)28-10-4-3-9-27-13-5-7-16(15(26)11-13)29-20(2,23)24/h5-8,11,26H,3-4,9-10H2,1-2H3. The SMILES string of the molecule is CC(=O)c1c(F)ccc(OCCCCOc2ccc(OC(C)(F)F)c(O)c2)c1F. The van der Waals surface area contributed by atoms with Gasteiger partial charge in [-0.2, -0.15) is 8.78 Å². The third-order valence-corrected chi connectivity index (χ3v) is 3.69. The Kier molecular flexibility index (Phi) is 7.30. The fourth-order valence-corrected chi connectivity index (χ4v) is 2.41. The predicted octanol–water partition coefficient (Wildman–Crippen LogP) is 5.10. The van der Waals surface area contributed by atoms with Gasteiger partial charge in [0.2, 0.25) is 0 Å². The first-order valence-electron chi connectivity index (χ1n) is 8.73. The molecule has 2 aromatic rings. The first kappa shape index (κ1) is 22.3. The summed E-state index contributed by atoms with van der Waals surface area (Å²) in [5.41, 5.74) is -0.640. The normalized spacial score (nSPS) is 11.2. The summed E-state index contributed by atoms with van der Waals surface area (Å²) in [6.45, 7) is 1.94. The highest BCUT2D eigenvalue weighted by molar-refractivity contribution is 5.95. The monoisotopic (exact) mass is 416 g/mol. The lowest BCUT2D eigenvalue weighted by Crippen LogP contribution is -2.19. The fourth-order valence-electron chi connectivity index (χ4n) is 2.41. The molecular formula is C20H20F4O5. The summed E-state index contributed by atoms with van der Waals surface area (Å²) in [7, 11) is 0. The number of carbonyl (C=O) groups excluding carboxylic acids is 1. The number of ether oxygens (including phenoxy) is 3. The average molecular weight is 416 g/mol. The van der Waals surface area contributed by atoms with E-state index >= 15 is 0 Å². The Morgan fingerprint density at radius 2 is 1.66 bits per heavy atom. The number of halogens is 4. The Morgan fingerprint density at radius 1 is 1.03 bits per heavy atom. The number of unbranched alkanes of at least 4 members (excludes halogenated alkanes) is 1. The third kappa shape index (κ3) is 6.55. The molecule has 2 rings (SSSR count). The van der Waals surface area contributed by atoms with Crippen LogP contribution < -0.4 is 14.2 Å². The van der Waals surface area contributed by atoms with Crippen LogP contribution in [0.1, 0.15) is 37.0 Å². The molecule has 0 aliphatic rings. The molecule has 158 valence electrons. The van der Waals surface area contributed by atoms with E-state index < -0.39 is 34.8 Å². The lowest BCUT2D eigenvalue weighted by atomic mass is 10.1. The molecule has 0 atom stereocenters. The van der Waals surface area contributed by atoms with E-state index in [1.807, 2.05) is 0 Å². The Labute approximate surface area is 164 Å². The number of benzene rings is 2. The van der Waals surface area contributed by atoms with Crippen LogP contribution in [0.5, 0.6) is 23.0 Å². The molecule has 0 spiro atoms. The molecule has 0 unspecified atom stereocenters. The van der Waals surface area contributed by atoms with Crippen LogP contribution in [-0.4, -0.2) is 30.2 Å². The van der Waals surface area contributed by atoms with Crippen molar-refractivity contribution >= 4 is 5.78 Å². The number of phenolic OH excluding ortho intramolecular Hbond substituents is 1. The smallest absolute Gasteiger partial charge is 0.395 e. The zero-order valence-electron chi connectivity index (χ0n) is 15.8. The molecule has 0 amide bonds. The van der Waals surface area contributed by atoms with E-state index in [1.54, 1.807) is 0 Å². The first-order valence-corrected chi connectivity index (χ1v) is 8.73. The highest BCUT2D eigenvalue weighted by atomic mass is 19.3. The van der Waals surface area contributed by atoms with Gasteiger partial charge in [-0.25, -0.2) is 8.78 Å². The Balaban J connectivity index is 1.77. The van der Waals surface area contributed by atoms with Crippen molar-refractivity contribution in [3.63, 3.8) is 0 Å². The number of phenols is 1. The van der Waals surface area contributed by atoms with Crippen molar-refractivity contribution in [2.75, 3.05) is 13.2 Å². The number of Topliss-reactive ketones (excluding diaryl/α,β-unsaturated/α-hetero) is 1. The van der Waals surface area contributed by atoms with Gasteiger partial charge >= 0.3 is 6.11 Å².